The third-order valence-corrected chi connectivity index (χ3v) is 11.1. The number of ether oxygens (including phenoxy) is 4. The fourth-order valence-corrected chi connectivity index (χ4v) is 8.98. The maximum absolute atomic E-state index is 15.1. The van der Waals surface area contributed by atoms with Gasteiger partial charge in [-0.25, -0.2) is 4.79 Å². The Labute approximate surface area is 276 Å². The highest BCUT2D eigenvalue weighted by molar-refractivity contribution is 6.01. The average molecular weight is 647 g/mol. The highest BCUT2D eigenvalue weighted by Crippen LogP contribution is 2.71. The molecule has 5 fully saturated rings. The Kier molecular flexibility index (Phi) is 7.81. The molecule has 3 saturated carbocycles. The quantitative estimate of drug-likeness (QED) is 0.200. The molecule has 3 heterocycles. The zero-order valence-corrected chi connectivity index (χ0v) is 28.5. The predicted octanol–water partition coefficient (Wildman–Crippen LogP) is 5.48. The smallest absolute Gasteiger partial charge is 0.330 e. The van der Waals surface area contributed by atoms with Gasteiger partial charge in [-0.3, -0.25) is 9.59 Å². The Morgan fingerprint density at radius 3 is 2.45 bits per heavy atom. The van der Waals surface area contributed by atoms with Crippen molar-refractivity contribution in [2.45, 2.75) is 102 Å². The highest BCUT2D eigenvalue weighted by Gasteiger charge is 2.86. The third kappa shape index (κ3) is 4.64. The van der Waals surface area contributed by atoms with Crippen LogP contribution >= 0.6 is 0 Å². The van der Waals surface area contributed by atoms with Crippen LogP contribution in [0.15, 0.2) is 82.4 Å². The molecule has 0 radical (unpaired) electrons. The van der Waals surface area contributed by atoms with E-state index >= 15 is 4.79 Å². The van der Waals surface area contributed by atoms with Gasteiger partial charge < -0.3 is 29.2 Å². The molecule has 7 aliphatic rings. The number of hydrogen-bond acceptors (Lipinski definition) is 8. The van der Waals surface area contributed by atoms with Gasteiger partial charge in [-0.15, -0.1) is 0 Å². The van der Waals surface area contributed by atoms with Crippen molar-refractivity contribution >= 4 is 17.5 Å². The lowest BCUT2D eigenvalue weighted by Gasteiger charge is -2.64. The molecule has 0 aromatic heterocycles. The monoisotopic (exact) mass is 646 g/mol. The second-order valence-electron chi connectivity index (χ2n) is 15.0. The molecular formula is C38H46O9. The first-order valence-electron chi connectivity index (χ1n) is 16.4. The molecule has 7 rings (SSSR count). The van der Waals surface area contributed by atoms with Crippen LogP contribution in [-0.4, -0.2) is 69.5 Å². The molecule has 47 heavy (non-hydrogen) atoms. The summed E-state index contributed by atoms with van der Waals surface area (Å²) in [6.07, 6.45) is 9.56. The predicted molar refractivity (Wildman–Crippen MR) is 174 cm³/mol. The number of aliphatic hydroxyl groups excluding tert-OH is 1. The number of carboxylic acids is 1. The third-order valence-electron chi connectivity index (χ3n) is 11.1. The van der Waals surface area contributed by atoms with Crippen LogP contribution in [0, 0.1) is 23.7 Å². The largest absolute Gasteiger partial charge is 0.485 e. The lowest BCUT2D eigenvalue weighted by atomic mass is 9.44. The molecule has 1 spiro atoms. The second-order valence-corrected chi connectivity index (χ2v) is 15.0. The van der Waals surface area contributed by atoms with Crippen LogP contribution in [0.3, 0.4) is 0 Å². The van der Waals surface area contributed by atoms with Crippen molar-refractivity contribution in [2.75, 3.05) is 7.11 Å². The van der Waals surface area contributed by atoms with Crippen molar-refractivity contribution in [1.29, 1.82) is 0 Å². The minimum absolute atomic E-state index is 0.0607. The summed E-state index contributed by atoms with van der Waals surface area (Å²) < 4.78 is 26.7. The van der Waals surface area contributed by atoms with Crippen LogP contribution in [0.1, 0.15) is 67.7 Å². The van der Waals surface area contributed by atoms with Gasteiger partial charge in [-0.2, -0.15) is 0 Å². The van der Waals surface area contributed by atoms with Gasteiger partial charge in [0.25, 0.3) is 0 Å². The molecule has 9 heteroatoms. The summed E-state index contributed by atoms with van der Waals surface area (Å²) in [6, 6.07) is 0. The number of carboxylic acid groups (broad SMARTS) is 1. The standard InChI is InChI=1S/C38H46O9/c1-19(2)10-11-23-30-22(14-16-36(8,45-30)15-12-20(3)4)28(39)26-29(40)27-32(44-9)24-18-25-35(6,7)47-37(33(24)41,17-13-21(5)34(42)43)38(25,27)46-31(23)26/h10,12-16,24-28,32,39H,3,11,17-18H2,1-2,4-9H3,(H,42,43)/b15-12+,21-13+/t24-,25-,26-,27?,28?,32-,36+,37-,38-/m0/s1. The molecule has 2 saturated heterocycles. The Balaban J connectivity index is 1.61. The van der Waals surface area contributed by atoms with E-state index in [-0.39, 0.29) is 29.3 Å². The number of carbonyl (C=O) groups is 3. The summed E-state index contributed by atoms with van der Waals surface area (Å²) in [5.41, 5.74) is -1.86. The molecule has 2 unspecified atom stereocenters. The lowest BCUT2D eigenvalue weighted by molar-refractivity contribution is -0.257. The summed E-state index contributed by atoms with van der Waals surface area (Å²) in [4.78, 5) is 41.6. The van der Waals surface area contributed by atoms with Crippen molar-refractivity contribution in [1.82, 2.24) is 0 Å². The van der Waals surface area contributed by atoms with Crippen molar-refractivity contribution in [3.8, 4) is 0 Å². The van der Waals surface area contributed by atoms with Gasteiger partial charge in [0.15, 0.2) is 22.8 Å². The summed E-state index contributed by atoms with van der Waals surface area (Å²) in [7, 11) is 1.50. The van der Waals surface area contributed by atoms with Crippen LogP contribution in [0.2, 0.25) is 0 Å². The van der Waals surface area contributed by atoms with E-state index < -0.39 is 64.3 Å². The lowest BCUT2D eigenvalue weighted by Crippen LogP contribution is -2.80. The first-order chi connectivity index (χ1) is 21.9. The SMILES string of the molecule is C=C(C)/C=C/[C@]1(C)C=CC2=C(O1)C(CC=C(C)C)=C1O[C@]34C(C(=O)[C@@H]1C2O)[C@@H](OC)[C@@H]1C[C@H]3C(C)(C)O[C@@]4(C/C=C(\C)C(=O)O)C1=O. The van der Waals surface area contributed by atoms with Gasteiger partial charge in [0.05, 0.1) is 23.7 Å². The van der Waals surface area contributed by atoms with E-state index in [4.69, 9.17) is 18.9 Å². The minimum atomic E-state index is -1.65. The molecule has 3 aliphatic heterocycles. The number of aliphatic hydroxyl groups is 1. The van der Waals surface area contributed by atoms with Crippen molar-refractivity contribution in [3.05, 3.63) is 82.4 Å². The highest BCUT2D eigenvalue weighted by atomic mass is 16.6. The summed E-state index contributed by atoms with van der Waals surface area (Å²) in [5, 5.41) is 21.7. The number of carbonyl (C=O) groups excluding carboxylic acids is 2. The van der Waals surface area contributed by atoms with E-state index in [9.17, 15) is 19.8 Å². The summed E-state index contributed by atoms with van der Waals surface area (Å²) in [5.74, 6) is -3.99. The molecule has 0 amide bonds. The van der Waals surface area contributed by atoms with Crippen molar-refractivity contribution in [2.24, 2.45) is 23.7 Å². The second kappa shape index (κ2) is 11.0. The van der Waals surface area contributed by atoms with Crippen LogP contribution in [0.4, 0.5) is 0 Å². The van der Waals surface area contributed by atoms with E-state index in [1.807, 2.05) is 71.9 Å². The van der Waals surface area contributed by atoms with Crippen LogP contribution in [-0.2, 0) is 33.3 Å². The van der Waals surface area contributed by atoms with E-state index in [1.165, 1.54) is 20.1 Å². The first-order valence-corrected chi connectivity index (χ1v) is 16.4. The molecule has 2 N–H and O–H groups in total. The van der Waals surface area contributed by atoms with E-state index in [2.05, 4.69) is 6.58 Å². The topological polar surface area (TPSA) is 129 Å². The number of allylic oxidation sites excluding steroid dienone is 5. The van der Waals surface area contributed by atoms with Crippen LogP contribution in [0.25, 0.3) is 0 Å². The van der Waals surface area contributed by atoms with Gasteiger partial charge in [0, 0.05) is 42.1 Å². The molecule has 9 nitrogen and oxygen atoms in total. The molecule has 4 bridgehead atoms. The molecule has 0 aromatic carbocycles. The maximum Gasteiger partial charge on any atom is 0.330 e. The van der Waals surface area contributed by atoms with Crippen molar-refractivity contribution in [3.63, 3.8) is 0 Å². The van der Waals surface area contributed by atoms with Crippen LogP contribution in [0.5, 0.6) is 0 Å². The summed E-state index contributed by atoms with van der Waals surface area (Å²) >= 11 is 0. The number of Topliss-reactive ketones (excluding diaryl/α,β-unsaturated/α-hetero) is 2. The molecule has 9 atom stereocenters. The van der Waals surface area contributed by atoms with Gasteiger partial charge in [0.2, 0.25) is 0 Å². The number of fused-ring (bicyclic) bond motifs is 1. The van der Waals surface area contributed by atoms with Gasteiger partial charge in [0.1, 0.15) is 23.0 Å². The molecule has 0 aromatic rings. The molecule has 4 aliphatic carbocycles. The average Bonchev–Trinajstić information content (AvgIpc) is 3.14. The van der Waals surface area contributed by atoms with Gasteiger partial charge in [-0.05, 0) is 73.5 Å². The number of rotatable bonds is 8. The number of ketones is 2. The number of aliphatic carboxylic acids is 1. The zero-order valence-electron chi connectivity index (χ0n) is 28.5. The molecule has 252 valence electrons. The fourth-order valence-electron chi connectivity index (χ4n) is 8.98. The van der Waals surface area contributed by atoms with E-state index in [1.54, 1.807) is 0 Å². The van der Waals surface area contributed by atoms with Crippen molar-refractivity contribution < 1.29 is 43.5 Å². The molecular weight excluding hydrogens is 600 g/mol. The minimum Gasteiger partial charge on any atom is -0.485 e. The Hall–Kier alpha value is -3.53. The first kappa shape index (κ1) is 33.4. The van der Waals surface area contributed by atoms with E-state index in [0.29, 0.717) is 29.7 Å². The number of methoxy groups -OCH3 is 1. The van der Waals surface area contributed by atoms with Gasteiger partial charge in [-0.1, -0.05) is 42.0 Å². The normalized spacial score (nSPS) is 39.7. The Bertz CT molecular complexity index is 1650. The Morgan fingerprint density at radius 2 is 1.83 bits per heavy atom. The maximum atomic E-state index is 15.1. The van der Waals surface area contributed by atoms with Gasteiger partial charge >= 0.3 is 5.97 Å². The number of hydrogen-bond donors (Lipinski definition) is 2. The van der Waals surface area contributed by atoms with Crippen LogP contribution < -0.4 is 0 Å². The Morgan fingerprint density at radius 1 is 1.13 bits per heavy atom. The van der Waals surface area contributed by atoms with E-state index in [0.717, 1.165) is 11.1 Å². The zero-order chi connectivity index (χ0) is 34.4. The fraction of sp³-hybridized carbons (Fsp3) is 0.553. The summed E-state index contributed by atoms with van der Waals surface area (Å²) in [6.45, 7) is 17.0.